The molecule has 8 nitrogen and oxygen atoms in total. The molecule has 8 aromatic carbocycles. The third-order valence-corrected chi connectivity index (χ3v) is 16.3. The average Bonchev–Trinajstić information content (AvgIpc) is 3.43. The maximum atomic E-state index is 13.7. The van der Waals surface area contributed by atoms with E-state index in [1.165, 1.54) is 11.1 Å². The van der Waals surface area contributed by atoms with Gasteiger partial charge in [0.15, 0.2) is 5.78 Å². The highest BCUT2D eigenvalue weighted by Crippen LogP contribution is 2.55. The minimum Gasteiger partial charge on any atom is -0.497 e. The number of hydrogen-bond donors (Lipinski definition) is 0. The molecule has 2 aliphatic rings. The van der Waals surface area contributed by atoms with Gasteiger partial charge in [0.1, 0.15) is 23.0 Å². The molecule has 0 heterocycles. The largest absolute Gasteiger partial charge is 0.497 e. The summed E-state index contributed by atoms with van der Waals surface area (Å²) in [5, 5.41) is 1.58. The summed E-state index contributed by atoms with van der Waals surface area (Å²) in [7, 11) is 1.69. The molecule has 10 rings (SSSR count). The van der Waals surface area contributed by atoms with Gasteiger partial charge in [0, 0.05) is 16.4 Å². The van der Waals surface area contributed by atoms with E-state index < -0.39 is 17.9 Å². The summed E-state index contributed by atoms with van der Waals surface area (Å²) in [6, 6.07) is 57.6. The molecule has 2 aliphatic carbocycles. The van der Waals surface area contributed by atoms with Crippen LogP contribution in [0.3, 0.4) is 0 Å². The highest BCUT2D eigenvalue weighted by Gasteiger charge is 2.46. The predicted molar refractivity (Wildman–Crippen MR) is 308 cm³/mol. The van der Waals surface area contributed by atoms with Gasteiger partial charge in [-0.1, -0.05) is 139 Å². The minimum atomic E-state index is -0.486. The molecule has 8 heteroatoms. The Morgan fingerprint density at radius 1 is 0.385 bits per heavy atom. The van der Waals surface area contributed by atoms with Gasteiger partial charge in [-0.2, -0.15) is 0 Å². The molecule has 4 unspecified atom stereocenters. The summed E-state index contributed by atoms with van der Waals surface area (Å²) in [4.78, 5) is 52.3. The lowest BCUT2D eigenvalue weighted by Gasteiger charge is -2.48. The molecule has 0 saturated heterocycles. The second-order valence-corrected chi connectivity index (χ2v) is 23.8. The molecule has 0 spiro atoms. The number of esters is 3. The molecule has 0 amide bonds. The molecule has 2 fully saturated rings. The number of hydrogen-bond acceptors (Lipinski definition) is 8. The van der Waals surface area contributed by atoms with E-state index in [0.717, 1.165) is 77.3 Å². The summed E-state index contributed by atoms with van der Waals surface area (Å²) >= 11 is 0. The maximum Gasteiger partial charge on any atom is 0.343 e. The van der Waals surface area contributed by atoms with Crippen LogP contribution < -0.4 is 18.9 Å². The minimum absolute atomic E-state index is 0.0143. The highest BCUT2D eigenvalue weighted by molar-refractivity contribution is 6.00. The Labute approximate surface area is 458 Å². The second kappa shape index (κ2) is 21.4. The normalized spacial score (nSPS) is 20.5. The van der Waals surface area contributed by atoms with Crippen molar-refractivity contribution in [1.29, 1.82) is 0 Å². The van der Waals surface area contributed by atoms with Crippen molar-refractivity contribution in [3.05, 3.63) is 226 Å². The van der Waals surface area contributed by atoms with Crippen LogP contribution in [-0.2, 0) is 10.8 Å². The summed E-state index contributed by atoms with van der Waals surface area (Å²) in [5.41, 5.74) is 8.14. The molecule has 0 N–H and O–H groups in total. The van der Waals surface area contributed by atoms with Gasteiger partial charge in [0.05, 0.1) is 23.8 Å². The van der Waals surface area contributed by atoms with Gasteiger partial charge in [-0.3, -0.25) is 4.79 Å². The zero-order valence-electron chi connectivity index (χ0n) is 46.0. The van der Waals surface area contributed by atoms with E-state index in [1.807, 2.05) is 84.9 Å². The molecule has 396 valence electrons. The van der Waals surface area contributed by atoms with Gasteiger partial charge in [-0.05, 0) is 197 Å². The Kier molecular flexibility index (Phi) is 14.6. The summed E-state index contributed by atoms with van der Waals surface area (Å²) < 4.78 is 23.3. The molecule has 4 atom stereocenters. The number of Topliss-reactive ketones (excluding diaryl/α,β-unsaturated/α-hetero) is 1. The first kappa shape index (κ1) is 53.3. The topological polar surface area (TPSA) is 105 Å². The molecule has 0 aromatic heterocycles. The van der Waals surface area contributed by atoms with Crippen molar-refractivity contribution < 1.29 is 38.1 Å². The third-order valence-electron chi connectivity index (χ3n) is 16.3. The number of methoxy groups -OCH3 is 1. The van der Waals surface area contributed by atoms with Crippen molar-refractivity contribution in [2.45, 2.75) is 97.8 Å². The Balaban J connectivity index is 0.797. The fourth-order valence-electron chi connectivity index (χ4n) is 13.5. The predicted octanol–water partition coefficient (Wildman–Crippen LogP) is 16.6. The molecule has 2 saturated carbocycles. The number of rotatable bonds is 13. The van der Waals surface area contributed by atoms with Crippen LogP contribution in [0.25, 0.3) is 21.9 Å². The zero-order chi connectivity index (χ0) is 55.0. The van der Waals surface area contributed by atoms with E-state index in [4.69, 9.17) is 18.9 Å². The third kappa shape index (κ3) is 11.3. The van der Waals surface area contributed by atoms with Crippen LogP contribution in [0.15, 0.2) is 182 Å². The Bertz CT molecular complexity index is 3500. The first-order chi connectivity index (χ1) is 37.3. The second-order valence-electron chi connectivity index (χ2n) is 23.8. The summed E-state index contributed by atoms with van der Waals surface area (Å²) in [6.45, 7) is 15.6. The van der Waals surface area contributed by atoms with Crippen LogP contribution in [0.1, 0.15) is 151 Å². The van der Waals surface area contributed by atoms with Gasteiger partial charge in [0.2, 0.25) is 0 Å². The van der Waals surface area contributed by atoms with E-state index in [9.17, 15) is 19.2 Å². The van der Waals surface area contributed by atoms with E-state index in [0.29, 0.717) is 51.3 Å². The van der Waals surface area contributed by atoms with Gasteiger partial charge >= 0.3 is 17.9 Å². The quantitative estimate of drug-likeness (QED) is 0.0639. The molecular formula is C70H68O8. The smallest absolute Gasteiger partial charge is 0.343 e. The Hall–Kier alpha value is -8.10. The Morgan fingerprint density at radius 2 is 0.692 bits per heavy atom. The summed E-state index contributed by atoms with van der Waals surface area (Å²) in [5.74, 6) is 1.78. The van der Waals surface area contributed by atoms with Crippen LogP contribution >= 0.6 is 0 Å². The van der Waals surface area contributed by atoms with Crippen molar-refractivity contribution in [3.8, 4) is 34.1 Å². The first-order valence-corrected chi connectivity index (χ1v) is 27.2. The summed E-state index contributed by atoms with van der Waals surface area (Å²) in [6.07, 6.45) is 6.11. The number of benzene rings is 8. The number of ether oxygens (including phenoxy) is 4. The lowest BCUT2D eigenvalue weighted by atomic mass is 9.55. The van der Waals surface area contributed by atoms with Crippen LogP contribution in [0.5, 0.6) is 23.0 Å². The van der Waals surface area contributed by atoms with Crippen molar-refractivity contribution >= 4 is 34.5 Å². The SMILES string of the molecule is COc1ccc(C2(c3ccc(OC(=O)c4ccc5cc(C(=O)Oc6ccc(C7(c8ccc(OC(=O)c9ccc(-c%10ccc(C(C)=O)cc%10)cc9)cc8)CC(C)CC(C)(C)C7)cc6)ccc5c4)cc3)CC(C)CC(C)(C)C2)cc1. The standard InChI is InChI=1S/C70H68O8/c1-45-39-67(4,5)43-69(41-45,56-21-29-60(75-8)30-22-56)57-25-33-62(34-26-57)77-65(73)54-19-17-53-38-55(20-18-52(53)37-54)66(74)78-63-35-27-59(28-36-63)70(42-46(2)40-68(6,7)44-70)58-23-31-61(32-24-58)76-64(72)51-15-13-50(14-16-51)49-11-9-48(10-12-49)47(3)71/h9-38,45-46H,39-44H2,1-8H3. The monoisotopic (exact) mass is 1040 g/mol. The number of fused-ring (bicyclic) bond motifs is 1. The number of ketones is 1. The average molecular weight is 1040 g/mol. The van der Waals surface area contributed by atoms with Gasteiger partial charge in [-0.15, -0.1) is 0 Å². The van der Waals surface area contributed by atoms with Crippen LogP contribution in [0, 0.1) is 22.7 Å². The lowest BCUT2D eigenvalue weighted by Crippen LogP contribution is -2.41. The highest BCUT2D eigenvalue weighted by atomic mass is 16.5. The zero-order valence-corrected chi connectivity index (χ0v) is 46.0. The van der Waals surface area contributed by atoms with Crippen molar-refractivity contribution in [2.75, 3.05) is 7.11 Å². The fourth-order valence-corrected chi connectivity index (χ4v) is 13.5. The van der Waals surface area contributed by atoms with Crippen LogP contribution in [0.4, 0.5) is 0 Å². The van der Waals surface area contributed by atoms with Gasteiger partial charge in [0.25, 0.3) is 0 Å². The van der Waals surface area contributed by atoms with Crippen molar-refractivity contribution in [3.63, 3.8) is 0 Å². The van der Waals surface area contributed by atoms with Gasteiger partial charge < -0.3 is 18.9 Å². The van der Waals surface area contributed by atoms with Crippen molar-refractivity contribution in [2.24, 2.45) is 22.7 Å². The van der Waals surface area contributed by atoms with E-state index in [2.05, 4.69) is 90.1 Å². The van der Waals surface area contributed by atoms with E-state index >= 15 is 0 Å². The number of carbonyl (C=O) groups is 4. The molecule has 78 heavy (non-hydrogen) atoms. The molecule has 0 aliphatic heterocycles. The molecule has 8 aromatic rings. The van der Waals surface area contributed by atoms with E-state index in [1.54, 1.807) is 62.6 Å². The van der Waals surface area contributed by atoms with Crippen LogP contribution in [-0.4, -0.2) is 30.8 Å². The first-order valence-electron chi connectivity index (χ1n) is 27.2. The molecule has 0 radical (unpaired) electrons. The maximum absolute atomic E-state index is 13.7. The molecular weight excluding hydrogens is 969 g/mol. The fraction of sp³-hybridized carbons (Fsp3) is 0.286. The van der Waals surface area contributed by atoms with Crippen LogP contribution in [0.2, 0.25) is 0 Å². The van der Waals surface area contributed by atoms with E-state index in [-0.39, 0.29) is 27.4 Å². The Morgan fingerprint density at radius 3 is 1.01 bits per heavy atom. The van der Waals surface area contributed by atoms with Crippen molar-refractivity contribution in [1.82, 2.24) is 0 Å². The number of carbonyl (C=O) groups excluding carboxylic acids is 4. The van der Waals surface area contributed by atoms with Gasteiger partial charge in [-0.25, -0.2) is 14.4 Å². The lowest BCUT2D eigenvalue weighted by molar-refractivity contribution is 0.0724. The molecule has 0 bridgehead atoms.